The SMILES string of the molecule is CC1(NC(=O)C2CCCC2N)CCOCC1. The fourth-order valence-electron chi connectivity index (χ4n) is 2.65. The van der Waals surface area contributed by atoms with Crippen molar-refractivity contribution in [3.05, 3.63) is 0 Å². The van der Waals surface area contributed by atoms with Gasteiger partial charge in [0, 0.05) is 24.8 Å². The zero-order valence-corrected chi connectivity index (χ0v) is 10.00. The number of carbonyl (C=O) groups excluding carboxylic acids is 1. The number of hydrogen-bond donors (Lipinski definition) is 2. The smallest absolute Gasteiger partial charge is 0.225 e. The molecule has 2 aliphatic rings. The van der Waals surface area contributed by atoms with E-state index in [0.29, 0.717) is 0 Å². The van der Waals surface area contributed by atoms with Gasteiger partial charge in [-0.2, -0.15) is 0 Å². The fourth-order valence-corrected chi connectivity index (χ4v) is 2.65. The van der Waals surface area contributed by atoms with Crippen LogP contribution in [-0.2, 0) is 9.53 Å². The molecule has 2 fully saturated rings. The third-order valence-electron chi connectivity index (χ3n) is 3.93. The number of carbonyl (C=O) groups is 1. The number of nitrogens with one attached hydrogen (secondary N) is 1. The van der Waals surface area contributed by atoms with Crippen LogP contribution in [0.3, 0.4) is 0 Å². The van der Waals surface area contributed by atoms with Crippen molar-refractivity contribution in [2.75, 3.05) is 13.2 Å². The molecule has 4 heteroatoms. The Balaban J connectivity index is 1.90. The van der Waals surface area contributed by atoms with E-state index < -0.39 is 0 Å². The van der Waals surface area contributed by atoms with Gasteiger partial charge in [-0.25, -0.2) is 0 Å². The monoisotopic (exact) mass is 226 g/mol. The molecule has 1 aliphatic carbocycles. The molecule has 1 saturated heterocycles. The van der Waals surface area contributed by atoms with E-state index in [1.807, 2.05) is 0 Å². The number of ether oxygens (including phenoxy) is 1. The first-order valence-electron chi connectivity index (χ1n) is 6.26. The standard InChI is InChI=1S/C12H22N2O2/c1-12(5-7-16-8-6-12)14-11(15)9-3-2-4-10(9)13/h9-10H,2-8,13H2,1H3,(H,14,15). The summed E-state index contributed by atoms with van der Waals surface area (Å²) in [6.45, 7) is 3.59. The lowest BCUT2D eigenvalue weighted by Crippen LogP contribution is -2.52. The second-order valence-corrected chi connectivity index (χ2v) is 5.36. The zero-order valence-electron chi connectivity index (χ0n) is 10.00. The minimum Gasteiger partial charge on any atom is -0.381 e. The maximum atomic E-state index is 12.1. The predicted molar refractivity (Wildman–Crippen MR) is 61.9 cm³/mol. The molecule has 0 aromatic carbocycles. The second kappa shape index (κ2) is 4.72. The first kappa shape index (κ1) is 11.9. The van der Waals surface area contributed by atoms with Crippen LogP contribution in [0.15, 0.2) is 0 Å². The Morgan fingerprint density at radius 2 is 2.06 bits per heavy atom. The lowest BCUT2D eigenvalue weighted by Gasteiger charge is -2.35. The van der Waals surface area contributed by atoms with E-state index in [0.717, 1.165) is 45.3 Å². The van der Waals surface area contributed by atoms with Gasteiger partial charge in [-0.15, -0.1) is 0 Å². The Labute approximate surface area is 96.9 Å². The summed E-state index contributed by atoms with van der Waals surface area (Å²) in [7, 11) is 0. The summed E-state index contributed by atoms with van der Waals surface area (Å²) in [6.07, 6.45) is 4.82. The van der Waals surface area contributed by atoms with Gasteiger partial charge >= 0.3 is 0 Å². The molecule has 0 radical (unpaired) electrons. The van der Waals surface area contributed by atoms with Crippen molar-refractivity contribution in [2.24, 2.45) is 11.7 Å². The normalized spacial score (nSPS) is 33.6. The highest BCUT2D eigenvalue weighted by Crippen LogP contribution is 2.26. The van der Waals surface area contributed by atoms with Crippen LogP contribution in [0.1, 0.15) is 39.0 Å². The number of nitrogens with two attached hydrogens (primary N) is 1. The molecule has 1 aliphatic heterocycles. The molecular formula is C12H22N2O2. The molecule has 92 valence electrons. The Bertz CT molecular complexity index is 262. The highest BCUT2D eigenvalue weighted by atomic mass is 16.5. The van der Waals surface area contributed by atoms with Crippen LogP contribution in [0.4, 0.5) is 0 Å². The van der Waals surface area contributed by atoms with Crippen LogP contribution in [-0.4, -0.2) is 30.7 Å². The first-order valence-corrected chi connectivity index (χ1v) is 6.26. The van der Waals surface area contributed by atoms with Crippen LogP contribution < -0.4 is 11.1 Å². The largest absolute Gasteiger partial charge is 0.381 e. The van der Waals surface area contributed by atoms with Crippen molar-refractivity contribution in [1.29, 1.82) is 0 Å². The van der Waals surface area contributed by atoms with E-state index in [9.17, 15) is 4.79 Å². The third kappa shape index (κ3) is 2.55. The Hall–Kier alpha value is -0.610. The summed E-state index contributed by atoms with van der Waals surface area (Å²) in [5.41, 5.74) is 5.86. The molecule has 0 spiro atoms. The lowest BCUT2D eigenvalue weighted by atomic mass is 9.91. The highest BCUT2D eigenvalue weighted by molar-refractivity contribution is 5.80. The molecule has 0 aromatic rings. The number of amides is 1. The first-order chi connectivity index (χ1) is 7.61. The summed E-state index contributed by atoms with van der Waals surface area (Å²) in [4.78, 5) is 12.1. The van der Waals surface area contributed by atoms with Crippen LogP contribution in [0.5, 0.6) is 0 Å². The minimum atomic E-state index is -0.0857. The molecule has 2 unspecified atom stereocenters. The predicted octanol–water partition coefficient (Wildman–Crippen LogP) is 0.799. The molecule has 16 heavy (non-hydrogen) atoms. The van der Waals surface area contributed by atoms with Gasteiger partial charge in [-0.05, 0) is 32.6 Å². The maximum absolute atomic E-state index is 12.1. The second-order valence-electron chi connectivity index (χ2n) is 5.36. The maximum Gasteiger partial charge on any atom is 0.225 e. The van der Waals surface area contributed by atoms with E-state index >= 15 is 0 Å². The van der Waals surface area contributed by atoms with Gasteiger partial charge in [0.25, 0.3) is 0 Å². The van der Waals surface area contributed by atoms with Crippen molar-refractivity contribution in [3.63, 3.8) is 0 Å². The average molecular weight is 226 g/mol. The van der Waals surface area contributed by atoms with Gasteiger partial charge in [-0.1, -0.05) is 6.42 Å². The van der Waals surface area contributed by atoms with E-state index in [4.69, 9.17) is 10.5 Å². The zero-order chi connectivity index (χ0) is 11.6. The summed E-state index contributed by atoms with van der Waals surface area (Å²) >= 11 is 0. The summed E-state index contributed by atoms with van der Waals surface area (Å²) in [5.74, 6) is 0.175. The van der Waals surface area contributed by atoms with Crippen LogP contribution in [0.25, 0.3) is 0 Å². The van der Waals surface area contributed by atoms with Crippen LogP contribution >= 0.6 is 0 Å². The quantitative estimate of drug-likeness (QED) is 0.732. The molecule has 0 bridgehead atoms. The molecule has 1 saturated carbocycles. The van der Waals surface area contributed by atoms with E-state index in [1.54, 1.807) is 0 Å². The lowest BCUT2D eigenvalue weighted by molar-refractivity contribution is -0.128. The third-order valence-corrected chi connectivity index (χ3v) is 3.93. The topological polar surface area (TPSA) is 64.4 Å². The molecule has 3 N–H and O–H groups in total. The Morgan fingerprint density at radius 3 is 2.62 bits per heavy atom. The molecule has 4 nitrogen and oxygen atoms in total. The molecule has 1 heterocycles. The average Bonchev–Trinajstić information content (AvgIpc) is 2.65. The van der Waals surface area contributed by atoms with E-state index in [-0.39, 0.29) is 23.4 Å². The van der Waals surface area contributed by atoms with Crippen molar-refractivity contribution in [1.82, 2.24) is 5.32 Å². The molecular weight excluding hydrogens is 204 g/mol. The van der Waals surface area contributed by atoms with Gasteiger partial charge in [0.2, 0.25) is 5.91 Å². The molecule has 2 rings (SSSR count). The van der Waals surface area contributed by atoms with Crippen molar-refractivity contribution < 1.29 is 9.53 Å². The number of hydrogen-bond acceptors (Lipinski definition) is 3. The minimum absolute atomic E-state index is 0.0275. The molecule has 1 amide bonds. The Kier molecular flexibility index (Phi) is 3.50. The van der Waals surface area contributed by atoms with Gasteiger partial charge < -0.3 is 15.8 Å². The van der Waals surface area contributed by atoms with E-state index in [2.05, 4.69) is 12.2 Å². The fraction of sp³-hybridized carbons (Fsp3) is 0.917. The molecule has 0 aromatic heterocycles. The van der Waals surface area contributed by atoms with Crippen molar-refractivity contribution in [2.45, 2.75) is 50.6 Å². The molecule has 2 atom stereocenters. The summed E-state index contributed by atoms with van der Waals surface area (Å²) < 4.78 is 5.32. The van der Waals surface area contributed by atoms with Gasteiger partial charge in [0.05, 0.1) is 5.92 Å². The van der Waals surface area contributed by atoms with Gasteiger partial charge in [0.15, 0.2) is 0 Å². The highest BCUT2D eigenvalue weighted by Gasteiger charge is 2.35. The Morgan fingerprint density at radius 1 is 1.38 bits per heavy atom. The van der Waals surface area contributed by atoms with Crippen LogP contribution in [0.2, 0.25) is 0 Å². The van der Waals surface area contributed by atoms with E-state index in [1.165, 1.54) is 0 Å². The van der Waals surface area contributed by atoms with Gasteiger partial charge in [0.1, 0.15) is 0 Å². The van der Waals surface area contributed by atoms with Crippen molar-refractivity contribution in [3.8, 4) is 0 Å². The summed E-state index contributed by atoms with van der Waals surface area (Å²) in [6, 6.07) is 0.0587. The van der Waals surface area contributed by atoms with Crippen LogP contribution in [0, 0.1) is 5.92 Å². The van der Waals surface area contributed by atoms with Crippen molar-refractivity contribution >= 4 is 5.91 Å². The van der Waals surface area contributed by atoms with Gasteiger partial charge in [-0.3, -0.25) is 4.79 Å². The number of rotatable bonds is 2. The summed E-state index contributed by atoms with van der Waals surface area (Å²) in [5, 5.41) is 3.17.